The van der Waals surface area contributed by atoms with Crippen LogP contribution in [-0.4, -0.2) is 43.6 Å². The van der Waals surface area contributed by atoms with Crippen LogP contribution in [0.15, 0.2) is 59.9 Å². The minimum absolute atomic E-state index is 0.0168. The van der Waals surface area contributed by atoms with Crippen molar-refractivity contribution in [1.82, 2.24) is 19.3 Å². The molecule has 2 aromatic heterocycles. The molecule has 0 spiro atoms. The van der Waals surface area contributed by atoms with Crippen LogP contribution in [0.25, 0.3) is 22.3 Å². The Morgan fingerprint density at radius 1 is 1.20 bits per heavy atom. The molecule has 3 heterocycles. The van der Waals surface area contributed by atoms with Crippen molar-refractivity contribution in [2.45, 2.75) is 43.6 Å². The molecule has 5 rings (SSSR count). The van der Waals surface area contributed by atoms with Crippen LogP contribution in [-0.2, 0) is 17.8 Å². The van der Waals surface area contributed by atoms with E-state index in [1.54, 1.807) is 12.1 Å². The highest BCUT2D eigenvalue weighted by atomic mass is 32.2. The average molecular weight is 490 g/mol. The third-order valence-electron chi connectivity index (χ3n) is 6.12. The van der Waals surface area contributed by atoms with Gasteiger partial charge in [-0.15, -0.1) is 10.2 Å². The van der Waals surface area contributed by atoms with Gasteiger partial charge in [-0.3, -0.25) is 9.36 Å². The van der Waals surface area contributed by atoms with Gasteiger partial charge < -0.3 is 9.30 Å². The predicted molar refractivity (Wildman–Crippen MR) is 132 cm³/mol. The number of Topliss-reactive ketones (excluding diaryl/α,β-unsaturated/α-hetero) is 1. The number of thioether (sulfide) groups is 1. The number of halogens is 1. The van der Waals surface area contributed by atoms with E-state index in [9.17, 15) is 9.18 Å². The van der Waals surface area contributed by atoms with Crippen molar-refractivity contribution in [1.29, 1.82) is 5.26 Å². The van der Waals surface area contributed by atoms with Gasteiger partial charge in [0.15, 0.2) is 16.8 Å². The zero-order valence-corrected chi connectivity index (χ0v) is 19.9. The Kier molecular flexibility index (Phi) is 6.93. The topological polar surface area (TPSA) is 85.7 Å². The van der Waals surface area contributed by atoms with Crippen LogP contribution < -0.4 is 0 Å². The van der Waals surface area contributed by atoms with Crippen LogP contribution >= 0.6 is 11.8 Å². The van der Waals surface area contributed by atoms with Gasteiger partial charge in [-0.2, -0.15) is 5.26 Å². The Bertz CT molecular complexity index is 1380. The highest BCUT2D eigenvalue weighted by molar-refractivity contribution is 7.99. The number of carbonyl (C=O) groups excluding carboxylic acids is 1. The number of hydrogen-bond donors (Lipinski definition) is 0. The van der Waals surface area contributed by atoms with Crippen molar-refractivity contribution in [2.24, 2.45) is 0 Å². The van der Waals surface area contributed by atoms with Gasteiger partial charge in [0.1, 0.15) is 5.82 Å². The van der Waals surface area contributed by atoms with Crippen molar-refractivity contribution < 1.29 is 13.9 Å². The monoisotopic (exact) mass is 489 g/mol. The fourth-order valence-corrected chi connectivity index (χ4v) is 5.23. The number of aryl methyl sites for hydroxylation is 1. The van der Waals surface area contributed by atoms with Gasteiger partial charge in [-0.25, -0.2) is 4.39 Å². The lowest BCUT2D eigenvalue weighted by Crippen LogP contribution is -2.17. The SMILES string of the molecule is N#CCCn1cc(C(=O)CSc2nnc(-c3ccc(F)cc3)n2CC2CCCO2)c2ccccc21. The van der Waals surface area contributed by atoms with Crippen LogP contribution in [0.5, 0.6) is 0 Å². The van der Waals surface area contributed by atoms with Crippen LogP contribution in [0.3, 0.4) is 0 Å². The molecule has 1 fully saturated rings. The number of ether oxygens (including phenoxy) is 1. The lowest BCUT2D eigenvalue weighted by atomic mass is 10.1. The zero-order valence-electron chi connectivity index (χ0n) is 19.1. The summed E-state index contributed by atoms with van der Waals surface area (Å²) in [7, 11) is 0. The normalized spacial score (nSPS) is 15.5. The van der Waals surface area contributed by atoms with E-state index in [1.165, 1.54) is 23.9 Å². The summed E-state index contributed by atoms with van der Waals surface area (Å²) in [5, 5.41) is 19.2. The summed E-state index contributed by atoms with van der Waals surface area (Å²) in [5.41, 5.74) is 2.34. The molecule has 178 valence electrons. The first-order valence-electron chi connectivity index (χ1n) is 11.6. The number of aromatic nitrogens is 4. The molecule has 2 aromatic carbocycles. The van der Waals surface area contributed by atoms with Gasteiger partial charge in [0.25, 0.3) is 0 Å². The standard InChI is InChI=1S/C26H24FN5O2S/c27-19-10-8-18(9-11-19)25-29-30-26(32(25)15-20-5-3-14-34-20)35-17-24(33)22-16-31(13-4-12-28)23-7-2-1-6-21(22)23/h1-2,6-11,16,20H,3-5,13-15,17H2. The molecule has 35 heavy (non-hydrogen) atoms. The van der Waals surface area contributed by atoms with Gasteiger partial charge in [0.2, 0.25) is 0 Å². The molecule has 1 atom stereocenters. The second-order valence-electron chi connectivity index (χ2n) is 8.43. The highest BCUT2D eigenvalue weighted by Crippen LogP contribution is 2.29. The minimum Gasteiger partial charge on any atom is -0.376 e. The number of hydrogen-bond acceptors (Lipinski definition) is 6. The quantitative estimate of drug-likeness (QED) is 0.240. The molecular formula is C26H24FN5O2S. The van der Waals surface area contributed by atoms with Crippen LogP contribution in [0.2, 0.25) is 0 Å². The Balaban J connectivity index is 1.40. The highest BCUT2D eigenvalue weighted by Gasteiger charge is 2.23. The lowest BCUT2D eigenvalue weighted by Gasteiger charge is -2.14. The molecule has 4 aromatic rings. The summed E-state index contributed by atoms with van der Waals surface area (Å²) in [6.07, 6.45) is 4.23. The first-order chi connectivity index (χ1) is 17.1. The van der Waals surface area contributed by atoms with Crippen molar-refractivity contribution in [3.8, 4) is 17.5 Å². The summed E-state index contributed by atoms with van der Waals surface area (Å²) < 4.78 is 23.2. The summed E-state index contributed by atoms with van der Waals surface area (Å²) >= 11 is 1.34. The number of para-hydroxylation sites is 1. The maximum absolute atomic E-state index is 13.5. The van der Waals surface area contributed by atoms with E-state index in [4.69, 9.17) is 10.00 Å². The number of nitrogens with zero attached hydrogens (tertiary/aromatic N) is 5. The van der Waals surface area contributed by atoms with E-state index in [-0.39, 0.29) is 23.5 Å². The van der Waals surface area contributed by atoms with E-state index in [0.717, 1.165) is 35.9 Å². The van der Waals surface area contributed by atoms with Crippen LogP contribution in [0.1, 0.15) is 29.6 Å². The molecule has 1 aliphatic heterocycles. The van der Waals surface area contributed by atoms with Crippen molar-refractivity contribution in [2.75, 3.05) is 12.4 Å². The van der Waals surface area contributed by atoms with E-state index >= 15 is 0 Å². The molecule has 0 aliphatic carbocycles. The summed E-state index contributed by atoms with van der Waals surface area (Å²) in [6.45, 7) is 1.84. The molecule has 0 saturated carbocycles. The zero-order chi connectivity index (χ0) is 24.2. The molecular weight excluding hydrogens is 465 g/mol. The Labute approximate surface area is 206 Å². The van der Waals surface area contributed by atoms with Gasteiger partial charge in [-0.05, 0) is 43.2 Å². The lowest BCUT2D eigenvalue weighted by molar-refractivity contribution is 0.0953. The first-order valence-corrected chi connectivity index (χ1v) is 12.5. The van der Waals surface area contributed by atoms with Crippen molar-refractivity contribution in [3.05, 3.63) is 66.1 Å². The van der Waals surface area contributed by atoms with Gasteiger partial charge in [-0.1, -0.05) is 30.0 Å². The molecule has 9 heteroatoms. The third kappa shape index (κ3) is 4.99. The minimum atomic E-state index is -0.312. The molecule has 0 bridgehead atoms. The van der Waals surface area contributed by atoms with Gasteiger partial charge in [0.05, 0.1) is 30.9 Å². The Morgan fingerprint density at radius 3 is 2.80 bits per heavy atom. The van der Waals surface area contributed by atoms with Crippen LogP contribution in [0, 0.1) is 17.1 Å². The molecule has 1 aliphatic rings. The largest absolute Gasteiger partial charge is 0.376 e. The molecule has 0 amide bonds. The third-order valence-corrected chi connectivity index (χ3v) is 7.08. The molecule has 0 N–H and O–H groups in total. The maximum atomic E-state index is 13.5. The van der Waals surface area contributed by atoms with E-state index < -0.39 is 0 Å². The van der Waals surface area contributed by atoms with Crippen LogP contribution in [0.4, 0.5) is 4.39 Å². The number of carbonyl (C=O) groups is 1. The first kappa shape index (κ1) is 23.3. The number of ketones is 1. The summed E-state index contributed by atoms with van der Waals surface area (Å²) in [6, 6.07) is 16.1. The van der Waals surface area contributed by atoms with Crippen molar-refractivity contribution in [3.63, 3.8) is 0 Å². The van der Waals surface area contributed by atoms with Gasteiger partial charge in [0, 0.05) is 41.4 Å². The van der Waals surface area contributed by atoms with E-state index in [1.807, 2.05) is 39.6 Å². The van der Waals surface area contributed by atoms with E-state index in [0.29, 0.717) is 36.1 Å². The number of benzene rings is 2. The second kappa shape index (κ2) is 10.4. The summed E-state index contributed by atoms with van der Waals surface area (Å²) in [5.74, 6) is 0.493. The molecule has 1 unspecified atom stereocenters. The predicted octanol–water partition coefficient (Wildman–Crippen LogP) is 5.11. The Hall–Kier alpha value is -3.48. The maximum Gasteiger partial charge on any atom is 0.192 e. The molecule has 7 nitrogen and oxygen atoms in total. The fraction of sp³-hybridized carbons (Fsp3) is 0.308. The summed E-state index contributed by atoms with van der Waals surface area (Å²) in [4.78, 5) is 13.3. The number of rotatable bonds is 9. The smallest absolute Gasteiger partial charge is 0.192 e. The average Bonchev–Trinajstić information content (AvgIpc) is 3.62. The number of fused-ring (bicyclic) bond motifs is 1. The fourth-order valence-electron chi connectivity index (χ4n) is 4.40. The van der Waals surface area contributed by atoms with Gasteiger partial charge >= 0.3 is 0 Å². The molecule has 1 saturated heterocycles. The Morgan fingerprint density at radius 2 is 2.03 bits per heavy atom. The van der Waals surface area contributed by atoms with Crippen molar-refractivity contribution >= 4 is 28.4 Å². The second-order valence-corrected chi connectivity index (χ2v) is 9.37. The molecule has 0 radical (unpaired) electrons. The number of nitriles is 1. The van der Waals surface area contributed by atoms with E-state index in [2.05, 4.69) is 16.3 Å².